The number of phenols is 1. The first-order valence-corrected chi connectivity index (χ1v) is 5.65. The molecule has 0 saturated heterocycles. The van der Waals surface area contributed by atoms with E-state index < -0.39 is 0 Å². The van der Waals surface area contributed by atoms with E-state index in [1.54, 1.807) is 30.1 Å². The van der Waals surface area contributed by atoms with Crippen LogP contribution in [-0.4, -0.2) is 10.1 Å². The highest BCUT2D eigenvalue weighted by molar-refractivity contribution is 7.98. The molecule has 0 aliphatic heterocycles. The van der Waals surface area contributed by atoms with Crippen LogP contribution in [-0.2, 0) is 5.75 Å². The van der Waals surface area contributed by atoms with Crippen LogP contribution in [0, 0.1) is 0 Å². The first-order chi connectivity index (χ1) is 7.34. The van der Waals surface area contributed by atoms with Gasteiger partial charge in [-0.3, -0.25) is 4.98 Å². The Morgan fingerprint density at radius 2 is 2.07 bits per heavy atom. The van der Waals surface area contributed by atoms with E-state index in [4.69, 9.17) is 0 Å². The average molecular weight is 217 g/mol. The van der Waals surface area contributed by atoms with E-state index in [2.05, 4.69) is 4.98 Å². The molecule has 1 N–H and O–H groups in total. The topological polar surface area (TPSA) is 33.1 Å². The van der Waals surface area contributed by atoms with Gasteiger partial charge in [0.15, 0.2) is 0 Å². The lowest BCUT2D eigenvalue weighted by Gasteiger charge is -2.01. The third kappa shape index (κ3) is 2.99. The van der Waals surface area contributed by atoms with Crippen LogP contribution < -0.4 is 0 Å². The first kappa shape index (κ1) is 10.1. The SMILES string of the molecule is Oc1cccc(SCc2ccccn2)c1. The van der Waals surface area contributed by atoms with Gasteiger partial charge in [0, 0.05) is 16.8 Å². The molecule has 1 aromatic heterocycles. The number of rotatable bonds is 3. The highest BCUT2D eigenvalue weighted by Gasteiger charge is 1.97. The Kier molecular flexibility index (Phi) is 3.25. The van der Waals surface area contributed by atoms with Crippen LogP contribution in [0.5, 0.6) is 5.75 Å². The Labute approximate surface area is 93.0 Å². The number of aromatic nitrogens is 1. The van der Waals surface area contributed by atoms with Crippen LogP contribution in [0.1, 0.15) is 5.69 Å². The Morgan fingerprint density at radius 3 is 2.80 bits per heavy atom. The summed E-state index contributed by atoms with van der Waals surface area (Å²) in [6.45, 7) is 0. The molecular weight excluding hydrogens is 206 g/mol. The molecule has 0 radical (unpaired) electrons. The van der Waals surface area contributed by atoms with Gasteiger partial charge in [0.1, 0.15) is 5.75 Å². The number of hydrogen-bond acceptors (Lipinski definition) is 3. The third-order valence-corrected chi connectivity index (χ3v) is 2.96. The molecular formula is C12H11NOS. The predicted octanol–water partition coefficient (Wildman–Crippen LogP) is 3.08. The molecule has 2 aromatic rings. The average Bonchev–Trinajstić information content (AvgIpc) is 2.28. The van der Waals surface area contributed by atoms with Gasteiger partial charge in [-0.1, -0.05) is 12.1 Å². The first-order valence-electron chi connectivity index (χ1n) is 4.66. The van der Waals surface area contributed by atoms with Gasteiger partial charge in [0.25, 0.3) is 0 Å². The fourth-order valence-electron chi connectivity index (χ4n) is 1.21. The Balaban J connectivity index is 1.99. The zero-order chi connectivity index (χ0) is 10.5. The van der Waals surface area contributed by atoms with E-state index in [0.717, 1.165) is 16.3 Å². The summed E-state index contributed by atoms with van der Waals surface area (Å²) in [7, 11) is 0. The van der Waals surface area contributed by atoms with Gasteiger partial charge in [0.2, 0.25) is 0 Å². The van der Waals surface area contributed by atoms with Crippen molar-refractivity contribution >= 4 is 11.8 Å². The van der Waals surface area contributed by atoms with Crippen molar-refractivity contribution in [3.63, 3.8) is 0 Å². The van der Waals surface area contributed by atoms with Crippen molar-refractivity contribution in [1.82, 2.24) is 4.98 Å². The van der Waals surface area contributed by atoms with Crippen LogP contribution in [0.4, 0.5) is 0 Å². The smallest absolute Gasteiger partial charge is 0.116 e. The van der Waals surface area contributed by atoms with Crippen molar-refractivity contribution in [3.8, 4) is 5.75 Å². The number of nitrogens with zero attached hydrogens (tertiary/aromatic N) is 1. The van der Waals surface area contributed by atoms with Crippen molar-refractivity contribution in [2.24, 2.45) is 0 Å². The van der Waals surface area contributed by atoms with Gasteiger partial charge in [-0.25, -0.2) is 0 Å². The zero-order valence-corrected chi connectivity index (χ0v) is 8.95. The fraction of sp³-hybridized carbons (Fsp3) is 0.0833. The van der Waals surface area contributed by atoms with Gasteiger partial charge >= 0.3 is 0 Å². The van der Waals surface area contributed by atoms with Gasteiger partial charge in [-0.05, 0) is 30.3 Å². The molecule has 2 nitrogen and oxygen atoms in total. The number of aromatic hydroxyl groups is 1. The summed E-state index contributed by atoms with van der Waals surface area (Å²) in [5.74, 6) is 1.13. The maximum Gasteiger partial charge on any atom is 0.116 e. The highest BCUT2D eigenvalue weighted by Crippen LogP contribution is 2.24. The predicted molar refractivity (Wildman–Crippen MR) is 61.9 cm³/mol. The molecule has 1 aromatic carbocycles. The number of hydrogen-bond donors (Lipinski definition) is 1. The van der Waals surface area contributed by atoms with Crippen LogP contribution in [0.2, 0.25) is 0 Å². The number of pyridine rings is 1. The summed E-state index contributed by atoms with van der Waals surface area (Å²) >= 11 is 1.67. The maximum absolute atomic E-state index is 9.28. The lowest BCUT2D eigenvalue weighted by atomic mass is 10.3. The second-order valence-electron chi connectivity index (χ2n) is 3.11. The van der Waals surface area contributed by atoms with E-state index >= 15 is 0 Å². The zero-order valence-electron chi connectivity index (χ0n) is 8.13. The summed E-state index contributed by atoms with van der Waals surface area (Å²) in [6.07, 6.45) is 1.79. The molecule has 0 aliphatic rings. The van der Waals surface area contributed by atoms with Crippen molar-refractivity contribution in [3.05, 3.63) is 54.4 Å². The van der Waals surface area contributed by atoms with Crippen molar-refractivity contribution in [1.29, 1.82) is 0 Å². The van der Waals surface area contributed by atoms with Gasteiger partial charge < -0.3 is 5.11 Å². The Bertz CT molecular complexity index is 431. The molecule has 2 rings (SSSR count). The van der Waals surface area contributed by atoms with Crippen LogP contribution in [0.25, 0.3) is 0 Å². The summed E-state index contributed by atoms with van der Waals surface area (Å²) < 4.78 is 0. The molecule has 3 heteroatoms. The second kappa shape index (κ2) is 4.84. The third-order valence-electron chi connectivity index (χ3n) is 1.93. The summed E-state index contributed by atoms with van der Waals surface area (Å²) in [5, 5.41) is 9.28. The molecule has 15 heavy (non-hydrogen) atoms. The molecule has 0 fully saturated rings. The summed E-state index contributed by atoms with van der Waals surface area (Å²) in [6, 6.07) is 13.1. The Morgan fingerprint density at radius 1 is 1.13 bits per heavy atom. The molecule has 0 bridgehead atoms. The number of benzene rings is 1. The fourth-order valence-corrected chi connectivity index (χ4v) is 2.08. The van der Waals surface area contributed by atoms with E-state index in [1.807, 2.05) is 30.3 Å². The normalized spacial score (nSPS) is 10.1. The Hall–Kier alpha value is -1.48. The standard InChI is InChI=1S/C12H11NOS/c14-11-5-3-6-12(8-11)15-9-10-4-1-2-7-13-10/h1-8,14H,9H2. The van der Waals surface area contributed by atoms with E-state index in [0.29, 0.717) is 5.75 Å². The summed E-state index contributed by atoms with van der Waals surface area (Å²) in [4.78, 5) is 5.29. The lowest BCUT2D eigenvalue weighted by Crippen LogP contribution is -1.84. The molecule has 0 spiro atoms. The minimum atomic E-state index is 0.307. The summed E-state index contributed by atoms with van der Waals surface area (Å²) in [5.41, 5.74) is 1.05. The molecule has 0 amide bonds. The van der Waals surface area contributed by atoms with E-state index in [-0.39, 0.29) is 0 Å². The van der Waals surface area contributed by atoms with Crippen molar-refractivity contribution in [2.45, 2.75) is 10.6 Å². The van der Waals surface area contributed by atoms with Crippen molar-refractivity contribution < 1.29 is 5.11 Å². The van der Waals surface area contributed by atoms with Crippen LogP contribution in [0.3, 0.4) is 0 Å². The van der Waals surface area contributed by atoms with E-state index in [1.165, 1.54) is 0 Å². The minimum absolute atomic E-state index is 0.307. The van der Waals surface area contributed by atoms with Crippen LogP contribution >= 0.6 is 11.8 Å². The molecule has 0 unspecified atom stereocenters. The monoisotopic (exact) mass is 217 g/mol. The van der Waals surface area contributed by atoms with Gasteiger partial charge in [-0.2, -0.15) is 0 Å². The maximum atomic E-state index is 9.28. The molecule has 1 heterocycles. The molecule has 0 aliphatic carbocycles. The van der Waals surface area contributed by atoms with E-state index in [9.17, 15) is 5.11 Å². The minimum Gasteiger partial charge on any atom is -0.508 e. The second-order valence-corrected chi connectivity index (χ2v) is 4.16. The van der Waals surface area contributed by atoms with Gasteiger partial charge in [-0.15, -0.1) is 11.8 Å². The largest absolute Gasteiger partial charge is 0.508 e. The van der Waals surface area contributed by atoms with Crippen molar-refractivity contribution in [2.75, 3.05) is 0 Å². The molecule has 76 valence electrons. The van der Waals surface area contributed by atoms with Gasteiger partial charge in [0.05, 0.1) is 5.69 Å². The molecule has 0 atom stereocenters. The number of phenolic OH excluding ortho intramolecular Hbond substituents is 1. The molecule has 0 saturated carbocycles. The quantitative estimate of drug-likeness (QED) is 0.802. The highest BCUT2D eigenvalue weighted by atomic mass is 32.2. The van der Waals surface area contributed by atoms with Crippen LogP contribution in [0.15, 0.2) is 53.6 Å². The number of thioether (sulfide) groups is 1. The lowest BCUT2D eigenvalue weighted by molar-refractivity contribution is 0.474.